The molecule has 0 aromatic heterocycles. The van der Waals surface area contributed by atoms with Gasteiger partial charge in [0.25, 0.3) is 0 Å². The van der Waals surface area contributed by atoms with Crippen LogP contribution >= 0.6 is 15.9 Å². The fourth-order valence-electron chi connectivity index (χ4n) is 1.61. The lowest BCUT2D eigenvalue weighted by Crippen LogP contribution is -2.03. The zero-order valence-electron chi connectivity index (χ0n) is 10.00. The molecule has 0 atom stereocenters. The lowest BCUT2D eigenvalue weighted by atomic mass is 10.1. The highest BCUT2D eigenvalue weighted by atomic mass is 79.9. The number of rotatable bonds is 4. The topological polar surface area (TPSA) is 35.2 Å². The number of nitrogens with two attached hydrogens (primary N) is 1. The SMILES string of the molecule is NCc1ccc(F)c(COc2ccc(Br)cc2F)c1. The van der Waals surface area contributed by atoms with Crippen LogP contribution in [0.25, 0.3) is 0 Å². The fraction of sp³-hybridized carbons (Fsp3) is 0.143. The van der Waals surface area contributed by atoms with E-state index in [1.54, 1.807) is 18.2 Å². The minimum absolute atomic E-state index is 0.0434. The summed E-state index contributed by atoms with van der Waals surface area (Å²) in [6.45, 7) is 0.276. The summed E-state index contributed by atoms with van der Waals surface area (Å²) in [4.78, 5) is 0. The van der Waals surface area contributed by atoms with E-state index in [4.69, 9.17) is 10.5 Å². The zero-order chi connectivity index (χ0) is 13.8. The Morgan fingerprint density at radius 1 is 1.05 bits per heavy atom. The van der Waals surface area contributed by atoms with Gasteiger partial charge in [-0.25, -0.2) is 8.78 Å². The van der Waals surface area contributed by atoms with Gasteiger partial charge in [-0.15, -0.1) is 0 Å². The van der Waals surface area contributed by atoms with Crippen molar-refractivity contribution in [2.24, 2.45) is 5.73 Å². The van der Waals surface area contributed by atoms with Gasteiger partial charge in [0.1, 0.15) is 12.4 Å². The summed E-state index contributed by atoms with van der Waals surface area (Å²) in [6, 6.07) is 9.00. The molecule has 0 fully saturated rings. The van der Waals surface area contributed by atoms with Crippen molar-refractivity contribution in [1.29, 1.82) is 0 Å². The third-order valence-corrected chi connectivity index (χ3v) is 3.12. The molecular formula is C14H12BrF2NO. The van der Waals surface area contributed by atoms with Crippen LogP contribution in [0, 0.1) is 11.6 Å². The van der Waals surface area contributed by atoms with Crippen LogP contribution in [0.5, 0.6) is 5.75 Å². The Balaban J connectivity index is 2.14. The maximum atomic E-state index is 13.6. The molecule has 0 amide bonds. The molecule has 0 saturated heterocycles. The highest BCUT2D eigenvalue weighted by Crippen LogP contribution is 2.23. The fourth-order valence-corrected chi connectivity index (χ4v) is 1.95. The van der Waals surface area contributed by atoms with Crippen LogP contribution in [0.2, 0.25) is 0 Å². The molecule has 0 unspecified atom stereocenters. The molecule has 0 aliphatic heterocycles. The van der Waals surface area contributed by atoms with Crippen molar-refractivity contribution in [3.63, 3.8) is 0 Å². The van der Waals surface area contributed by atoms with E-state index in [1.807, 2.05) is 0 Å². The van der Waals surface area contributed by atoms with Crippen molar-refractivity contribution in [2.45, 2.75) is 13.2 Å². The Hall–Kier alpha value is -1.46. The van der Waals surface area contributed by atoms with Crippen molar-refractivity contribution >= 4 is 15.9 Å². The van der Waals surface area contributed by atoms with Gasteiger partial charge in [-0.05, 0) is 35.9 Å². The van der Waals surface area contributed by atoms with Gasteiger partial charge in [0.05, 0.1) is 0 Å². The van der Waals surface area contributed by atoms with Crippen LogP contribution in [-0.2, 0) is 13.2 Å². The predicted octanol–water partition coefficient (Wildman–Crippen LogP) is 3.77. The molecule has 0 radical (unpaired) electrons. The van der Waals surface area contributed by atoms with Gasteiger partial charge in [-0.2, -0.15) is 0 Å². The Labute approximate surface area is 118 Å². The third kappa shape index (κ3) is 3.52. The van der Waals surface area contributed by atoms with Crippen LogP contribution < -0.4 is 10.5 Å². The Morgan fingerprint density at radius 2 is 1.84 bits per heavy atom. The van der Waals surface area contributed by atoms with Gasteiger partial charge < -0.3 is 10.5 Å². The van der Waals surface area contributed by atoms with Crippen LogP contribution in [0.4, 0.5) is 8.78 Å². The first-order valence-corrected chi connectivity index (χ1v) is 6.44. The second-order valence-corrected chi connectivity index (χ2v) is 4.91. The zero-order valence-corrected chi connectivity index (χ0v) is 11.6. The lowest BCUT2D eigenvalue weighted by Gasteiger charge is -2.09. The molecule has 2 nitrogen and oxygen atoms in total. The summed E-state index contributed by atoms with van der Waals surface area (Å²) in [5, 5.41) is 0. The quantitative estimate of drug-likeness (QED) is 0.927. The largest absolute Gasteiger partial charge is 0.486 e. The standard InChI is InChI=1S/C14H12BrF2NO/c15-11-2-4-14(13(17)6-11)19-8-10-5-9(7-18)1-3-12(10)16/h1-6H,7-8,18H2. The van der Waals surface area contributed by atoms with E-state index in [2.05, 4.69) is 15.9 Å². The normalized spacial score (nSPS) is 10.5. The van der Waals surface area contributed by atoms with E-state index in [0.717, 1.165) is 5.56 Å². The molecule has 0 aliphatic rings. The minimum Gasteiger partial charge on any atom is -0.486 e. The van der Waals surface area contributed by atoms with E-state index < -0.39 is 11.6 Å². The van der Waals surface area contributed by atoms with E-state index in [0.29, 0.717) is 16.6 Å². The maximum absolute atomic E-state index is 13.6. The van der Waals surface area contributed by atoms with E-state index in [-0.39, 0.29) is 12.4 Å². The summed E-state index contributed by atoms with van der Waals surface area (Å²) in [5.41, 5.74) is 6.64. The molecule has 0 heterocycles. The highest BCUT2D eigenvalue weighted by molar-refractivity contribution is 9.10. The van der Waals surface area contributed by atoms with Gasteiger partial charge >= 0.3 is 0 Å². The molecule has 0 bridgehead atoms. The van der Waals surface area contributed by atoms with Gasteiger partial charge in [-0.3, -0.25) is 0 Å². The molecular weight excluding hydrogens is 316 g/mol. The van der Waals surface area contributed by atoms with Gasteiger partial charge in [0.15, 0.2) is 11.6 Å². The van der Waals surface area contributed by atoms with Crippen molar-refractivity contribution in [3.05, 3.63) is 63.6 Å². The first-order chi connectivity index (χ1) is 9.10. The van der Waals surface area contributed by atoms with Gasteiger partial charge in [0, 0.05) is 16.6 Å². The van der Waals surface area contributed by atoms with Gasteiger partial charge in [0.2, 0.25) is 0 Å². The molecule has 0 saturated carbocycles. The molecule has 2 rings (SSSR count). The lowest BCUT2D eigenvalue weighted by molar-refractivity contribution is 0.284. The Morgan fingerprint density at radius 3 is 2.53 bits per heavy atom. The van der Waals surface area contributed by atoms with Crippen molar-refractivity contribution < 1.29 is 13.5 Å². The summed E-state index contributed by atoms with van der Waals surface area (Å²) >= 11 is 3.15. The average Bonchev–Trinajstić information content (AvgIpc) is 2.39. The molecule has 0 spiro atoms. The molecule has 2 aromatic rings. The summed E-state index contributed by atoms with van der Waals surface area (Å²) in [5.74, 6) is -0.805. The van der Waals surface area contributed by atoms with Crippen LogP contribution in [0.15, 0.2) is 40.9 Å². The van der Waals surface area contributed by atoms with Gasteiger partial charge in [-0.1, -0.05) is 22.0 Å². The van der Waals surface area contributed by atoms with Crippen LogP contribution in [0.3, 0.4) is 0 Å². The first kappa shape index (κ1) is 14.0. The summed E-state index contributed by atoms with van der Waals surface area (Å²) in [7, 11) is 0. The monoisotopic (exact) mass is 327 g/mol. The van der Waals surface area contributed by atoms with Crippen molar-refractivity contribution in [3.8, 4) is 5.75 Å². The molecule has 0 aliphatic carbocycles. The minimum atomic E-state index is -0.496. The number of ether oxygens (including phenoxy) is 1. The third-order valence-electron chi connectivity index (χ3n) is 2.62. The Kier molecular flexibility index (Phi) is 4.50. The predicted molar refractivity (Wildman–Crippen MR) is 72.7 cm³/mol. The molecule has 19 heavy (non-hydrogen) atoms. The first-order valence-electron chi connectivity index (χ1n) is 5.65. The van der Waals surface area contributed by atoms with E-state index in [9.17, 15) is 8.78 Å². The Bertz CT molecular complexity index is 590. The summed E-state index contributed by atoms with van der Waals surface area (Å²) in [6.07, 6.45) is 0. The maximum Gasteiger partial charge on any atom is 0.166 e. The highest BCUT2D eigenvalue weighted by Gasteiger charge is 2.07. The second-order valence-electron chi connectivity index (χ2n) is 3.99. The number of halogens is 3. The molecule has 5 heteroatoms. The van der Waals surface area contributed by atoms with Crippen molar-refractivity contribution in [1.82, 2.24) is 0 Å². The number of hydrogen-bond donors (Lipinski definition) is 1. The smallest absolute Gasteiger partial charge is 0.166 e. The van der Waals surface area contributed by atoms with E-state index in [1.165, 1.54) is 18.2 Å². The number of benzene rings is 2. The molecule has 100 valence electrons. The number of hydrogen-bond acceptors (Lipinski definition) is 2. The second kappa shape index (κ2) is 6.12. The molecule has 2 aromatic carbocycles. The van der Waals surface area contributed by atoms with Crippen LogP contribution in [-0.4, -0.2) is 0 Å². The summed E-state index contributed by atoms with van der Waals surface area (Å²) < 4.78 is 33.0. The van der Waals surface area contributed by atoms with Crippen molar-refractivity contribution in [2.75, 3.05) is 0 Å². The average molecular weight is 328 g/mol. The van der Waals surface area contributed by atoms with E-state index >= 15 is 0 Å². The molecule has 2 N–H and O–H groups in total. The van der Waals surface area contributed by atoms with Crippen LogP contribution in [0.1, 0.15) is 11.1 Å².